The molecule has 3 rings (SSSR count). The number of hydrogen-bond donors (Lipinski definition) is 1. The highest BCUT2D eigenvalue weighted by Gasteiger charge is 2.21. The number of rotatable bonds is 9. The van der Waals surface area contributed by atoms with E-state index in [0.717, 1.165) is 81.1 Å². The number of aliphatic imine (C=N–C) groups is 1. The van der Waals surface area contributed by atoms with Crippen LogP contribution in [0, 0.1) is 0 Å². The van der Waals surface area contributed by atoms with Crippen molar-refractivity contribution in [2.24, 2.45) is 4.99 Å². The minimum absolute atomic E-state index is 0.703. The van der Waals surface area contributed by atoms with Gasteiger partial charge < -0.3 is 24.3 Å². The number of hydrogen-bond acceptors (Lipinski definition) is 6. The summed E-state index contributed by atoms with van der Waals surface area (Å²) in [5.74, 6) is 3.74. The van der Waals surface area contributed by atoms with Crippen LogP contribution in [0.1, 0.15) is 25.2 Å². The summed E-state index contributed by atoms with van der Waals surface area (Å²) in [4.78, 5) is 9.64. The zero-order valence-electron chi connectivity index (χ0n) is 19.2. The smallest absolute Gasteiger partial charge is 0.194 e. The van der Waals surface area contributed by atoms with Crippen molar-refractivity contribution in [2.45, 2.75) is 33.4 Å². The summed E-state index contributed by atoms with van der Waals surface area (Å²) < 4.78 is 13.0. The number of nitrogens with zero attached hydrogens (tertiary/aromatic N) is 6. The van der Waals surface area contributed by atoms with Crippen molar-refractivity contribution in [2.75, 3.05) is 53.5 Å². The summed E-state index contributed by atoms with van der Waals surface area (Å²) in [5, 5.41) is 11.6. The van der Waals surface area contributed by atoms with E-state index >= 15 is 0 Å². The van der Waals surface area contributed by atoms with Crippen LogP contribution in [0.25, 0.3) is 0 Å². The lowest BCUT2D eigenvalue weighted by atomic mass is 10.1. The SMILES string of the molecule is CCNC(=NCCn1cnnc1CC)N1CCN(Cc2cc(OC)ccc2OC)CC1. The minimum atomic E-state index is 0.703. The summed E-state index contributed by atoms with van der Waals surface area (Å²) >= 11 is 0. The molecule has 1 aromatic heterocycles. The fourth-order valence-corrected chi connectivity index (χ4v) is 3.79. The average molecular weight is 430 g/mol. The standard InChI is InChI=1S/C22H35N7O2/c1-5-21-26-25-17-29(21)10-9-24-22(23-6-2)28-13-11-27(12-14-28)16-18-15-19(30-3)7-8-20(18)31-4/h7-8,15,17H,5-6,9-14,16H2,1-4H3,(H,23,24). The van der Waals surface area contributed by atoms with Gasteiger partial charge in [-0.2, -0.15) is 0 Å². The van der Waals surface area contributed by atoms with Gasteiger partial charge in [0.25, 0.3) is 0 Å². The molecule has 1 aliphatic rings. The van der Waals surface area contributed by atoms with E-state index in [9.17, 15) is 0 Å². The van der Waals surface area contributed by atoms with Crippen LogP contribution in [-0.4, -0.2) is 84.0 Å². The van der Waals surface area contributed by atoms with Gasteiger partial charge in [0.1, 0.15) is 23.7 Å². The van der Waals surface area contributed by atoms with Crippen LogP contribution < -0.4 is 14.8 Å². The molecule has 1 saturated heterocycles. The molecule has 1 aliphatic heterocycles. The average Bonchev–Trinajstić information content (AvgIpc) is 3.26. The predicted molar refractivity (Wildman–Crippen MR) is 122 cm³/mol. The molecule has 0 atom stereocenters. The van der Waals surface area contributed by atoms with Crippen molar-refractivity contribution >= 4 is 5.96 Å². The van der Waals surface area contributed by atoms with Crippen molar-refractivity contribution in [3.8, 4) is 11.5 Å². The molecule has 31 heavy (non-hydrogen) atoms. The summed E-state index contributed by atoms with van der Waals surface area (Å²) in [6, 6.07) is 5.97. The summed E-state index contributed by atoms with van der Waals surface area (Å²) in [6.45, 7) is 11.2. The van der Waals surface area contributed by atoms with Crippen molar-refractivity contribution in [3.05, 3.63) is 35.9 Å². The second-order valence-electron chi connectivity index (χ2n) is 7.47. The Bertz CT molecular complexity index is 844. The van der Waals surface area contributed by atoms with Gasteiger partial charge in [-0.15, -0.1) is 10.2 Å². The van der Waals surface area contributed by atoms with Crippen LogP contribution in [0.2, 0.25) is 0 Å². The molecule has 2 heterocycles. The van der Waals surface area contributed by atoms with Crippen molar-refractivity contribution in [1.29, 1.82) is 0 Å². The summed E-state index contributed by atoms with van der Waals surface area (Å²) in [7, 11) is 3.41. The second kappa shape index (κ2) is 11.5. The van der Waals surface area contributed by atoms with Crippen LogP contribution in [-0.2, 0) is 19.5 Å². The van der Waals surface area contributed by atoms with Crippen LogP contribution >= 0.6 is 0 Å². The van der Waals surface area contributed by atoms with E-state index in [1.54, 1.807) is 20.5 Å². The van der Waals surface area contributed by atoms with Gasteiger partial charge in [-0.3, -0.25) is 9.89 Å². The molecule has 9 heteroatoms. The molecule has 0 saturated carbocycles. The first-order chi connectivity index (χ1) is 15.2. The Morgan fingerprint density at radius 1 is 1.13 bits per heavy atom. The number of ether oxygens (including phenoxy) is 2. The highest BCUT2D eigenvalue weighted by molar-refractivity contribution is 5.80. The first-order valence-electron chi connectivity index (χ1n) is 11.0. The lowest BCUT2D eigenvalue weighted by Gasteiger charge is -2.36. The third kappa shape index (κ3) is 6.10. The highest BCUT2D eigenvalue weighted by atomic mass is 16.5. The number of piperazine rings is 1. The molecular formula is C22H35N7O2. The Morgan fingerprint density at radius 3 is 2.61 bits per heavy atom. The van der Waals surface area contributed by atoms with Gasteiger partial charge in [0.05, 0.1) is 20.8 Å². The van der Waals surface area contributed by atoms with E-state index in [-0.39, 0.29) is 0 Å². The molecule has 0 unspecified atom stereocenters. The first-order valence-corrected chi connectivity index (χ1v) is 11.0. The zero-order chi connectivity index (χ0) is 22.1. The fraction of sp³-hybridized carbons (Fsp3) is 0.591. The van der Waals surface area contributed by atoms with Gasteiger partial charge in [-0.1, -0.05) is 6.92 Å². The summed E-state index contributed by atoms with van der Waals surface area (Å²) in [5.41, 5.74) is 1.15. The van der Waals surface area contributed by atoms with Crippen molar-refractivity contribution < 1.29 is 9.47 Å². The number of nitrogens with one attached hydrogen (secondary N) is 1. The van der Waals surface area contributed by atoms with Gasteiger partial charge in [0, 0.05) is 57.8 Å². The highest BCUT2D eigenvalue weighted by Crippen LogP contribution is 2.25. The number of benzene rings is 1. The third-order valence-electron chi connectivity index (χ3n) is 5.50. The van der Waals surface area contributed by atoms with Gasteiger partial charge in [0.15, 0.2) is 5.96 Å². The van der Waals surface area contributed by atoms with E-state index in [4.69, 9.17) is 14.5 Å². The minimum Gasteiger partial charge on any atom is -0.497 e. The largest absolute Gasteiger partial charge is 0.497 e. The molecule has 0 radical (unpaired) electrons. The zero-order valence-corrected chi connectivity index (χ0v) is 19.2. The number of guanidine groups is 1. The lowest BCUT2D eigenvalue weighted by molar-refractivity contribution is 0.171. The molecular weight excluding hydrogens is 394 g/mol. The molecule has 0 amide bonds. The second-order valence-corrected chi connectivity index (χ2v) is 7.47. The number of aromatic nitrogens is 3. The Morgan fingerprint density at radius 2 is 1.94 bits per heavy atom. The third-order valence-corrected chi connectivity index (χ3v) is 5.50. The Hall–Kier alpha value is -2.81. The lowest BCUT2D eigenvalue weighted by Crippen LogP contribution is -2.52. The van der Waals surface area contributed by atoms with Crippen LogP contribution in [0.4, 0.5) is 0 Å². The molecule has 0 aliphatic carbocycles. The van der Waals surface area contributed by atoms with Crippen molar-refractivity contribution in [1.82, 2.24) is 29.9 Å². The maximum Gasteiger partial charge on any atom is 0.194 e. The van der Waals surface area contributed by atoms with Crippen LogP contribution in [0.15, 0.2) is 29.5 Å². The maximum atomic E-state index is 5.54. The van der Waals surface area contributed by atoms with Crippen LogP contribution in [0.3, 0.4) is 0 Å². The summed E-state index contributed by atoms with van der Waals surface area (Å²) in [6.07, 6.45) is 2.66. The van der Waals surface area contributed by atoms with E-state index in [1.807, 2.05) is 12.1 Å². The van der Waals surface area contributed by atoms with Gasteiger partial charge >= 0.3 is 0 Å². The monoisotopic (exact) mass is 429 g/mol. The topological polar surface area (TPSA) is 80.0 Å². The Kier molecular flexibility index (Phi) is 8.52. The van der Waals surface area contributed by atoms with Crippen LogP contribution in [0.5, 0.6) is 11.5 Å². The van der Waals surface area contributed by atoms with E-state index in [2.05, 4.69) is 49.8 Å². The molecule has 2 aromatic rings. The molecule has 1 aromatic carbocycles. The van der Waals surface area contributed by atoms with E-state index < -0.39 is 0 Å². The fourth-order valence-electron chi connectivity index (χ4n) is 3.79. The maximum absolute atomic E-state index is 5.54. The van der Waals surface area contributed by atoms with Crippen molar-refractivity contribution in [3.63, 3.8) is 0 Å². The molecule has 0 spiro atoms. The van der Waals surface area contributed by atoms with Gasteiger partial charge in [-0.05, 0) is 25.1 Å². The molecule has 9 nitrogen and oxygen atoms in total. The van der Waals surface area contributed by atoms with E-state index in [0.29, 0.717) is 6.54 Å². The Balaban J connectivity index is 1.56. The molecule has 170 valence electrons. The quantitative estimate of drug-likeness (QED) is 0.479. The normalized spacial score (nSPS) is 15.2. The number of methoxy groups -OCH3 is 2. The van der Waals surface area contributed by atoms with Gasteiger partial charge in [0.2, 0.25) is 0 Å². The Labute approximate surface area is 185 Å². The van der Waals surface area contributed by atoms with Gasteiger partial charge in [-0.25, -0.2) is 0 Å². The molecule has 1 fully saturated rings. The number of aryl methyl sites for hydroxylation is 1. The molecule has 1 N–H and O–H groups in total. The first kappa shape index (κ1) is 22.9. The van der Waals surface area contributed by atoms with E-state index in [1.165, 1.54) is 0 Å². The molecule has 0 bridgehead atoms. The predicted octanol–water partition coefficient (Wildman–Crippen LogP) is 1.64.